The highest BCUT2D eigenvalue weighted by molar-refractivity contribution is 6.30. The number of hydrogen-bond donors (Lipinski definition) is 3. The van der Waals surface area contributed by atoms with Gasteiger partial charge in [-0.1, -0.05) is 11.6 Å². The van der Waals surface area contributed by atoms with Crippen LogP contribution in [-0.4, -0.2) is 16.1 Å². The van der Waals surface area contributed by atoms with E-state index in [9.17, 15) is 5.11 Å². The molecule has 0 saturated heterocycles. The minimum atomic E-state index is -0.830. The molecule has 0 aliphatic carbocycles. The Bertz CT molecular complexity index is 303. The minimum absolute atomic E-state index is 0.235. The lowest BCUT2D eigenvalue weighted by atomic mass is 10.1. The van der Waals surface area contributed by atoms with Gasteiger partial charge < -0.3 is 16.6 Å². The number of aliphatic hydroxyl groups excluding tert-OH is 1. The van der Waals surface area contributed by atoms with Crippen molar-refractivity contribution < 1.29 is 5.11 Å². The van der Waals surface area contributed by atoms with Gasteiger partial charge in [-0.05, 0) is 13.0 Å². The first kappa shape index (κ1) is 10.2. The Morgan fingerprint density at radius 3 is 2.77 bits per heavy atom. The second kappa shape index (κ2) is 3.91. The second-order valence-electron chi connectivity index (χ2n) is 2.95. The van der Waals surface area contributed by atoms with Gasteiger partial charge in [-0.3, -0.25) is 0 Å². The van der Waals surface area contributed by atoms with Crippen LogP contribution in [-0.2, 0) is 0 Å². The molecule has 0 spiro atoms. The van der Waals surface area contributed by atoms with E-state index in [1.165, 1.54) is 6.20 Å². The summed E-state index contributed by atoms with van der Waals surface area (Å²) in [5.41, 5.74) is 11.9. The van der Waals surface area contributed by atoms with Crippen LogP contribution in [0.5, 0.6) is 0 Å². The summed E-state index contributed by atoms with van der Waals surface area (Å²) >= 11 is 5.75. The fraction of sp³-hybridized carbons (Fsp3) is 0.375. The van der Waals surface area contributed by atoms with E-state index in [2.05, 4.69) is 4.98 Å². The highest BCUT2D eigenvalue weighted by Crippen LogP contribution is 2.24. The summed E-state index contributed by atoms with van der Waals surface area (Å²) in [4.78, 5) is 3.81. The zero-order valence-corrected chi connectivity index (χ0v) is 7.99. The van der Waals surface area contributed by atoms with Crippen LogP contribution < -0.4 is 11.5 Å². The summed E-state index contributed by atoms with van der Waals surface area (Å²) in [5.74, 6) is 0. The van der Waals surface area contributed by atoms with Crippen LogP contribution in [0.25, 0.3) is 0 Å². The predicted octanol–water partition coefficient (Wildman–Crippen LogP) is 0.698. The molecular weight excluding hydrogens is 190 g/mol. The van der Waals surface area contributed by atoms with Crippen LogP contribution >= 0.6 is 11.6 Å². The van der Waals surface area contributed by atoms with Crippen LogP contribution in [0, 0.1) is 0 Å². The summed E-state index contributed by atoms with van der Waals surface area (Å²) < 4.78 is 0. The van der Waals surface area contributed by atoms with Gasteiger partial charge in [0.1, 0.15) is 5.15 Å². The molecule has 0 radical (unpaired) electrons. The highest BCUT2D eigenvalue weighted by Gasteiger charge is 2.16. The number of anilines is 1. The average molecular weight is 202 g/mol. The molecule has 72 valence electrons. The predicted molar refractivity (Wildman–Crippen MR) is 52.3 cm³/mol. The first-order valence-corrected chi connectivity index (χ1v) is 4.24. The SMILES string of the molecule is C[C@H](N)[C@@H](O)c1cc(N)cnc1Cl. The van der Waals surface area contributed by atoms with Crippen LogP contribution in [0.3, 0.4) is 0 Å². The van der Waals surface area contributed by atoms with Crippen molar-refractivity contribution in [3.8, 4) is 0 Å². The van der Waals surface area contributed by atoms with Crippen molar-refractivity contribution in [2.45, 2.75) is 19.1 Å². The number of nitrogen functional groups attached to an aromatic ring is 1. The molecule has 0 bridgehead atoms. The molecular formula is C8H12ClN3O. The Labute approximate surface area is 81.5 Å². The maximum absolute atomic E-state index is 9.60. The highest BCUT2D eigenvalue weighted by atomic mass is 35.5. The van der Waals surface area contributed by atoms with Crippen molar-refractivity contribution in [1.29, 1.82) is 0 Å². The van der Waals surface area contributed by atoms with Gasteiger partial charge in [0.2, 0.25) is 0 Å². The summed E-state index contributed by atoms with van der Waals surface area (Å²) in [6.45, 7) is 1.68. The quantitative estimate of drug-likeness (QED) is 0.615. The number of aliphatic hydroxyl groups is 1. The summed E-state index contributed by atoms with van der Waals surface area (Å²) in [7, 11) is 0. The number of pyridine rings is 1. The molecule has 0 saturated carbocycles. The van der Waals surface area contributed by atoms with Crippen LogP contribution in [0.2, 0.25) is 5.15 Å². The average Bonchev–Trinajstić information content (AvgIpc) is 2.08. The molecule has 0 fully saturated rings. The molecule has 4 nitrogen and oxygen atoms in total. The van der Waals surface area contributed by atoms with Gasteiger partial charge in [-0.2, -0.15) is 0 Å². The fourth-order valence-corrected chi connectivity index (χ4v) is 1.19. The number of hydrogen-bond acceptors (Lipinski definition) is 4. The van der Waals surface area contributed by atoms with Crippen LogP contribution in [0.15, 0.2) is 12.3 Å². The van der Waals surface area contributed by atoms with E-state index in [-0.39, 0.29) is 5.15 Å². The number of halogens is 1. The Kier molecular flexibility index (Phi) is 3.08. The molecule has 1 rings (SSSR count). The van der Waals surface area contributed by atoms with Gasteiger partial charge in [0.05, 0.1) is 18.0 Å². The Morgan fingerprint density at radius 1 is 1.62 bits per heavy atom. The number of aromatic nitrogens is 1. The van der Waals surface area contributed by atoms with Gasteiger partial charge in [0.25, 0.3) is 0 Å². The molecule has 0 unspecified atom stereocenters. The van der Waals surface area contributed by atoms with E-state index >= 15 is 0 Å². The molecule has 0 amide bonds. The standard InChI is InChI=1S/C8H12ClN3O/c1-4(10)7(13)6-2-5(11)3-12-8(6)9/h2-4,7,13H,10-11H2,1H3/t4-,7+/m0/s1. The van der Waals surface area contributed by atoms with E-state index in [0.717, 1.165) is 0 Å². The summed E-state index contributed by atoms with van der Waals surface area (Å²) in [6.07, 6.45) is 0.600. The van der Waals surface area contributed by atoms with E-state index in [1.807, 2.05) is 0 Å². The van der Waals surface area contributed by atoms with E-state index in [4.69, 9.17) is 23.1 Å². The van der Waals surface area contributed by atoms with Gasteiger partial charge >= 0.3 is 0 Å². The van der Waals surface area contributed by atoms with E-state index < -0.39 is 12.1 Å². The molecule has 1 aromatic rings. The minimum Gasteiger partial charge on any atom is -0.397 e. The van der Waals surface area contributed by atoms with Crippen molar-refractivity contribution in [3.63, 3.8) is 0 Å². The number of rotatable bonds is 2. The normalized spacial score (nSPS) is 15.4. The Balaban J connectivity index is 3.05. The van der Waals surface area contributed by atoms with Gasteiger partial charge in [-0.25, -0.2) is 4.98 Å². The third kappa shape index (κ3) is 2.30. The van der Waals surface area contributed by atoms with Crippen LogP contribution in [0.4, 0.5) is 5.69 Å². The molecule has 1 heterocycles. The first-order chi connectivity index (χ1) is 6.02. The van der Waals surface area contributed by atoms with Crippen molar-refractivity contribution in [2.75, 3.05) is 5.73 Å². The molecule has 2 atom stereocenters. The summed E-state index contributed by atoms with van der Waals surface area (Å²) in [6, 6.07) is 1.17. The van der Waals surface area contributed by atoms with Crippen molar-refractivity contribution in [1.82, 2.24) is 4.98 Å². The Hall–Kier alpha value is -0.840. The molecule has 13 heavy (non-hydrogen) atoms. The number of nitrogens with zero attached hydrogens (tertiary/aromatic N) is 1. The van der Waals surface area contributed by atoms with Gasteiger partial charge in [-0.15, -0.1) is 0 Å². The zero-order chi connectivity index (χ0) is 10.0. The zero-order valence-electron chi connectivity index (χ0n) is 7.24. The fourth-order valence-electron chi connectivity index (χ4n) is 0.973. The lowest BCUT2D eigenvalue weighted by Gasteiger charge is -2.15. The van der Waals surface area contributed by atoms with Crippen LogP contribution in [0.1, 0.15) is 18.6 Å². The Morgan fingerprint density at radius 2 is 2.23 bits per heavy atom. The van der Waals surface area contributed by atoms with Crippen molar-refractivity contribution in [2.24, 2.45) is 5.73 Å². The molecule has 0 aliphatic heterocycles. The molecule has 5 N–H and O–H groups in total. The van der Waals surface area contributed by atoms with E-state index in [1.54, 1.807) is 13.0 Å². The second-order valence-corrected chi connectivity index (χ2v) is 3.31. The summed E-state index contributed by atoms with van der Waals surface area (Å²) in [5, 5.41) is 9.83. The largest absolute Gasteiger partial charge is 0.397 e. The topological polar surface area (TPSA) is 85.2 Å². The van der Waals surface area contributed by atoms with Gasteiger partial charge in [0.15, 0.2) is 0 Å². The van der Waals surface area contributed by atoms with Crippen molar-refractivity contribution in [3.05, 3.63) is 23.0 Å². The van der Waals surface area contributed by atoms with E-state index in [0.29, 0.717) is 11.3 Å². The van der Waals surface area contributed by atoms with Crippen molar-refractivity contribution >= 4 is 17.3 Å². The molecule has 5 heteroatoms. The smallest absolute Gasteiger partial charge is 0.135 e. The number of nitrogens with two attached hydrogens (primary N) is 2. The van der Waals surface area contributed by atoms with Gasteiger partial charge in [0, 0.05) is 11.6 Å². The molecule has 1 aromatic heterocycles. The monoisotopic (exact) mass is 201 g/mol. The molecule has 0 aliphatic rings. The first-order valence-electron chi connectivity index (χ1n) is 3.87. The third-order valence-electron chi connectivity index (χ3n) is 1.70. The molecule has 0 aromatic carbocycles. The third-order valence-corrected chi connectivity index (χ3v) is 2.02. The maximum Gasteiger partial charge on any atom is 0.135 e. The lowest BCUT2D eigenvalue weighted by Crippen LogP contribution is -2.24. The maximum atomic E-state index is 9.60. The lowest BCUT2D eigenvalue weighted by molar-refractivity contribution is 0.153.